The molecular formula is C16H23NO2. The minimum absolute atomic E-state index is 0.333. The minimum atomic E-state index is 0.333. The maximum Gasteiger partial charge on any atom is 0.118 e. The zero-order valence-electron chi connectivity index (χ0n) is 11.8. The van der Waals surface area contributed by atoms with Gasteiger partial charge in [0, 0.05) is 18.7 Å². The Labute approximate surface area is 115 Å². The van der Waals surface area contributed by atoms with Crippen molar-refractivity contribution in [3.05, 3.63) is 29.8 Å². The van der Waals surface area contributed by atoms with E-state index in [2.05, 4.69) is 36.5 Å². The van der Waals surface area contributed by atoms with Gasteiger partial charge in [-0.1, -0.05) is 12.1 Å². The molecule has 104 valence electrons. The van der Waals surface area contributed by atoms with Crippen LogP contribution in [0.3, 0.4) is 0 Å². The second-order valence-corrected chi connectivity index (χ2v) is 5.73. The molecule has 1 aromatic carbocycles. The lowest BCUT2D eigenvalue weighted by Crippen LogP contribution is -2.38. The van der Waals surface area contributed by atoms with Crippen molar-refractivity contribution in [2.45, 2.75) is 44.4 Å². The zero-order chi connectivity index (χ0) is 13.2. The van der Waals surface area contributed by atoms with Crippen LogP contribution in [0.25, 0.3) is 0 Å². The van der Waals surface area contributed by atoms with E-state index in [1.165, 1.54) is 18.4 Å². The average Bonchev–Trinajstić information content (AvgIpc) is 3.20. The molecule has 1 aliphatic heterocycles. The standard InChI is InChI=1S/C16H23NO2/c1-11-15(9-10-19-11)17-16(12-3-4-12)13-5-7-14(18-2)8-6-13/h5-8,11-12,15-17H,3-4,9-10H2,1-2H3. The molecule has 1 N–H and O–H groups in total. The van der Waals surface area contributed by atoms with Gasteiger partial charge in [0.1, 0.15) is 5.75 Å². The molecule has 0 bridgehead atoms. The van der Waals surface area contributed by atoms with E-state index in [1.807, 2.05) is 0 Å². The molecule has 1 saturated carbocycles. The van der Waals surface area contributed by atoms with E-state index in [0.29, 0.717) is 18.2 Å². The van der Waals surface area contributed by atoms with Crippen molar-refractivity contribution in [3.63, 3.8) is 0 Å². The SMILES string of the molecule is COc1ccc(C(NC2CCOC2C)C2CC2)cc1. The molecule has 1 aromatic rings. The second kappa shape index (κ2) is 5.51. The van der Waals surface area contributed by atoms with E-state index >= 15 is 0 Å². The highest BCUT2D eigenvalue weighted by atomic mass is 16.5. The van der Waals surface area contributed by atoms with Crippen LogP contribution in [0.2, 0.25) is 0 Å². The maximum atomic E-state index is 5.66. The topological polar surface area (TPSA) is 30.5 Å². The summed E-state index contributed by atoms with van der Waals surface area (Å²) in [7, 11) is 1.71. The first kappa shape index (κ1) is 12.9. The Balaban J connectivity index is 1.72. The van der Waals surface area contributed by atoms with Crippen LogP contribution in [0.5, 0.6) is 5.75 Å². The molecular weight excluding hydrogens is 238 g/mol. The quantitative estimate of drug-likeness (QED) is 0.884. The van der Waals surface area contributed by atoms with Crippen molar-refractivity contribution in [1.29, 1.82) is 0 Å². The third-order valence-corrected chi connectivity index (χ3v) is 4.34. The molecule has 3 unspecified atom stereocenters. The number of hydrogen-bond acceptors (Lipinski definition) is 3. The van der Waals surface area contributed by atoms with Gasteiger partial charge in [0.25, 0.3) is 0 Å². The van der Waals surface area contributed by atoms with E-state index in [-0.39, 0.29) is 0 Å². The van der Waals surface area contributed by atoms with Crippen LogP contribution < -0.4 is 10.1 Å². The lowest BCUT2D eigenvalue weighted by Gasteiger charge is -2.25. The predicted octanol–water partition coefficient (Wildman–Crippen LogP) is 2.91. The summed E-state index contributed by atoms with van der Waals surface area (Å²) < 4.78 is 10.9. The number of benzene rings is 1. The minimum Gasteiger partial charge on any atom is -0.497 e. The largest absolute Gasteiger partial charge is 0.497 e. The van der Waals surface area contributed by atoms with E-state index in [1.54, 1.807) is 7.11 Å². The summed E-state index contributed by atoms with van der Waals surface area (Å²) in [5.74, 6) is 1.72. The monoisotopic (exact) mass is 261 g/mol. The Kier molecular flexibility index (Phi) is 3.76. The Morgan fingerprint density at radius 2 is 1.95 bits per heavy atom. The Bertz CT molecular complexity index is 413. The lowest BCUT2D eigenvalue weighted by atomic mass is 9.99. The van der Waals surface area contributed by atoms with E-state index in [4.69, 9.17) is 9.47 Å². The molecule has 3 heteroatoms. The molecule has 19 heavy (non-hydrogen) atoms. The van der Waals surface area contributed by atoms with Gasteiger partial charge in [0.05, 0.1) is 13.2 Å². The van der Waals surface area contributed by atoms with Gasteiger partial charge in [-0.25, -0.2) is 0 Å². The van der Waals surface area contributed by atoms with Gasteiger partial charge in [0.15, 0.2) is 0 Å². The van der Waals surface area contributed by atoms with E-state index < -0.39 is 0 Å². The van der Waals surface area contributed by atoms with E-state index in [9.17, 15) is 0 Å². The molecule has 2 aliphatic rings. The van der Waals surface area contributed by atoms with Crippen molar-refractivity contribution in [2.24, 2.45) is 5.92 Å². The number of rotatable bonds is 5. The molecule has 1 saturated heterocycles. The molecule has 2 fully saturated rings. The molecule has 0 spiro atoms. The number of ether oxygens (including phenoxy) is 2. The molecule has 3 nitrogen and oxygen atoms in total. The predicted molar refractivity (Wildman–Crippen MR) is 75.4 cm³/mol. The highest BCUT2D eigenvalue weighted by molar-refractivity contribution is 5.30. The summed E-state index contributed by atoms with van der Waals surface area (Å²) in [6.07, 6.45) is 4.14. The Morgan fingerprint density at radius 3 is 2.47 bits per heavy atom. The summed E-state index contributed by atoms with van der Waals surface area (Å²) in [5.41, 5.74) is 1.38. The summed E-state index contributed by atoms with van der Waals surface area (Å²) in [4.78, 5) is 0. The smallest absolute Gasteiger partial charge is 0.118 e. The molecule has 1 aliphatic carbocycles. The van der Waals surface area contributed by atoms with Crippen molar-refractivity contribution in [2.75, 3.05) is 13.7 Å². The van der Waals surface area contributed by atoms with Gasteiger partial charge in [-0.05, 0) is 49.8 Å². The maximum absolute atomic E-state index is 5.66. The van der Waals surface area contributed by atoms with Crippen LogP contribution in [0.15, 0.2) is 24.3 Å². The third-order valence-electron chi connectivity index (χ3n) is 4.34. The van der Waals surface area contributed by atoms with Crippen LogP contribution in [0.1, 0.15) is 37.8 Å². The fraction of sp³-hybridized carbons (Fsp3) is 0.625. The van der Waals surface area contributed by atoms with Gasteiger partial charge in [-0.15, -0.1) is 0 Å². The summed E-state index contributed by atoms with van der Waals surface area (Å²) >= 11 is 0. The van der Waals surface area contributed by atoms with Gasteiger partial charge < -0.3 is 14.8 Å². The fourth-order valence-electron chi connectivity index (χ4n) is 2.93. The first-order valence-electron chi connectivity index (χ1n) is 7.29. The van der Waals surface area contributed by atoms with Crippen molar-refractivity contribution in [1.82, 2.24) is 5.32 Å². The number of methoxy groups -OCH3 is 1. The summed E-state index contributed by atoms with van der Waals surface area (Å²) in [6.45, 7) is 3.06. The van der Waals surface area contributed by atoms with Gasteiger partial charge in [-0.2, -0.15) is 0 Å². The first-order chi connectivity index (χ1) is 9.28. The van der Waals surface area contributed by atoms with Crippen LogP contribution in [0, 0.1) is 5.92 Å². The van der Waals surface area contributed by atoms with Crippen molar-refractivity contribution < 1.29 is 9.47 Å². The third kappa shape index (κ3) is 2.93. The summed E-state index contributed by atoms with van der Waals surface area (Å²) in [6, 6.07) is 9.46. The van der Waals surface area contributed by atoms with Crippen LogP contribution in [0.4, 0.5) is 0 Å². The average molecular weight is 261 g/mol. The van der Waals surface area contributed by atoms with Crippen molar-refractivity contribution >= 4 is 0 Å². The molecule has 0 radical (unpaired) electrons. The molecule has 0 aromatic heterocycles. The van der Waals surface area contributed by atoms with Crippen molar-refractivity contribution in [3.8, 4) is 5.75 Å². The van der Waals surface area contributed by atoms with E-state index in [0.717, 1.165) is 24.7 Å². The highest BCUT2D eigenvalue weighted by Crippen LogP contribution is 2.42. The van der Waals surface area contributed by atoms with Crippen LogP contribution in [-0.4, -0.2) is 25.9 Å². The zero-order valence-corrected chi connectivity index (χ0v) is 11.8. The Hall–Kier alpha value is -1.06. The number of hydrogen-bond donors (Lipinski definition) is 1. The lowest BCUT2D eigenvalue weighted by molar-refractivity contribution is 0.110. The van der Waals surface area contributed by atoms with Gasteiger partial charge >= 0.3 is 0 Å². The second-order valence-electron chi connectivity index (χ2n) is 5.73. The molecule has 1 heterocycles. The first-order valence-corrected chi connectivity index (χ1v) is 7.29. The Morgan fingerprint density at radius 1 is 1.21 bits per heavy atom. The summed E-state index contributed by atoms with van der Waals surface area (Å²) in [5, 5.41) is 3.82. The highest BCUT2D eigenvalue weighted by Gasteiger charge is 2.35. The van der Waals surface area contributed by atoms with Gasteiger partial charge in [0.2, 0.25) is 0 Å². The molecule has 3 rings (SSSR count). The van der Waals surface area contributed by atoms with Crippen LogP contribution >= 0.6 is 0 Å². The van der Waals surface area contributed by atoms with Crippen LogP contribution in [-0.2, 0) is 4.74 Å². The number of nitrogens with one attached hydrogen (secondary N) is 1. The molecule has 0 amide bonds. The normalized spacial score (nSPS) is 28.3. The molecule has 3 atom stereocenters. The van der Waals surface area contributed by atoms with Gasteiger partial charge in [-0.3, -0.25) is 0 Å². The fourth-order valence-corrected chi connectivity index (χ4v) is 2.93.